The van der Waals surface area contributed by atoms with E-state index in [0.29, 0.717) is 5.56 Å². The molecule has 0 aromatic heterocycles. The molecule has 0 unspecified atom stereocenters. The van der Waals surface area contributed by atoms with Crippen molar-refractivity contribution < 1.29 is 137 Å². The maximum absolute atomic E-state index is 16.5. The van der Waals surface area contributed by atoms with Crippen LogP contribution in [0.2, 0.25) is 5.02 Å². The summed E-state index contributed by atoms with van der Waals surface area (Å²) in [4.78, 5) is 134. The highest BCUT2D eigenvalue weighted by atomic mass is 35.5. The molecule has 22 atom stereocenters. The summed E-state index contributed by atoms with van der Waals surface area (Å²) in [5.74, 6) is -17.1. The van der Waals surface area contributed by atoms with Crippen LogP contribution in [0, 0.1) is 11.7 Å². The monoisotopic (exact) mass is 1720 g/mol. The molecule has 38 nitrogen and oxygen atoms in total. The van der Waals surface area contributed by atoms with E-state index in [1.54, 1.807) is 0 Å². The summed E-state index contributed by atoms with van der Waals surface area (Å²) in [5, 5.41) is 139. The number of carboxylic acids is 1. The molecule has 6 aromatic carbocycles. The number of carboxylic acid groups (broad SMARTS) is 1. The van der Waals surface area contributed by atoms with Gasteiger partial charge in [0.05, 0.1) is 54.5 Å². The maximum Gasteiger partial charge on any atom is 0.330 e. The highest BCUT2D eigenvalue weighted by molar-refractivity contribution is 6.32. The number of carbonyl (C=O) groups excluding carboxylic acids is 8. The van der Waals surface area contributed by atoms with E-state index >= 15 is 24.0 Å². The van der Waals surface area contributed by atoms with E-state index in [-0.39, 0.29) is 65.1 Å². The number of aromatic hydroxyl groups is 3. The minimum absolute atomic E-state index is 0.0692. The van der Waals surface area contributed by atoms with E-state index in [1.807, 2.05) is 13.8 Å². The number of ether oxygens (including phenoxy) is 8. The zero-order chi connectivity index (χ0) is 88.4. The Morgan fingerprint density at radius 1 is 0.689 bits per heavy atom. The van der Waals surface area contributed by atoms with Gasteiger partial charge in [-0.2, -0.15) is 0 Å². The molecular formula is C82H97ClFN11O27. The molecule has 40 heteroatoms. The number of hydrogen-bond acceptors (Lipinski definition) is 29. The summed E-state index contributed by atoms with van der Waals surface area (Å²) in [6.07, 6.45) is -23.8. The van der Waals surface area contributed by atoms with Gasteiger partial charge in [0.1, 0.15) is 101 Å². The molecule has 0 radical (unpaired) electrons. The third-order valence-electron chi connectivity index (χ3n) is 22.0. The van der Waals surface area contributed by atoms with Crippen LogP contribution in [0.5, 0.6) is 46.0 Å². The first-order chi connectivity index (χ1) is 57.7. The van der Waals surface area contributed by atoms with Crippen molar-refractivity contribution in [3.63, 3.8) is 0 Å². The number of rotatable bonds is 20. The van der Waals surface area contributed by atoms with E-state index in [0.717, 1.165) is 48.5 Å². The standard InChI is InChI=1S/C82H97ClFN11O27/c1-33(2)20-47(87-7)73(107)93-63-65(102)39-13-19-51(46(83)22-39)118-53-24-40-23-52(69(53)122-80-70(67(104)66(103)54(32-96)119-80)121-58-29-82(6,72(106)35(4)116-58)95-56(101)31-88-30-36-8-14-41(84)15-9-36)117-43-16-10-37(11-17-43)68(120-57-28-81(5,86)71(105)34(3)115-57)64-78(112)92-62(79(113)114)45-25-42(97)26-50(99)59(45)44-21-38(12-18-49(44)98)60(75(109)94-64)91-76(110)61(40)90-74(108)48(27-55(85)100)89-77(63)111/h8-19,21-26,33-35,47-48,54,57-58,60-68,70-72,80,87-88,96-99,102-106H,20,27-32,86H2,1-7H3,(H2,85,100)(H,89,111)(H,90,108)(H,91,110)(H,92,112)(H,93,107)(H,94,109)(H,95,101)(H,113,114)/t34-,35-,47+,48-,54+,57-,58-,60+,61+,62-,63+,64-,65+,66+,67-,68+,70+,71-,72-,80-,81-,82-/m0/s1. The SMILES string of the molecule is CN[C@H](CC(C)C)C(=O)N[C@H]1C(=O)N[C@@H](CC(N)=O)C(=O)N[C@H]2C(=O)N[C@H]3C(=O)N[C@H](C(=O)N[C@H](C(=O)O)c4cc(O)cc(O)c4-c4cc3ccc4O)[C@H](O[C@H]3C[C@](C)(N)[C@@H](O)[C@H](C)O3)c3ccc(cc3)Oc3cc2cc(c3O[C@@H]2O[C@H](CO)[C@@H](O)[C@H](O)[C@H]2O[C@H]2C[C@](C)(NC(=O)CNCc3ccc(F)cc3)[C@@H](O)[C@H](C)O2)Oc2ccc(cc2Cl)[C@H]1O. The van der Waals surface area contributed by atoms with Gasteiger partial charge in [0.25, 0.3) is 0 Å². The number of likely N-dealkylation sites (N-methyl/N-ethyl adjacent to an activating group) is 1. The molecule has 23 N–H and O–H groups in total. The first kappa shape index (κ1) is 90.2. The summed E-state index contributed by atoms with van der Waals surface area (Å²) in [5.41, 5.74) is 7.34. The smallest absolute Gasteiger partial charge is 0.330 e. The minimum Gasteiger partial charge on any atom is -0.508 e. The van der Waals surface area contributed by atoms with Gasteiger partial charge in [-0.15, -0.1) is 0 Å². The largest absolute Gasteiger partial charge is 0.508 e. The Hall–Kier alpha value is -11.0. The lowest BCUT2D eigenvalue weighted by atomic mass is 9.85. The Bertz CT molecular complexity index is 4940. The van der Waals surface area contributed by atoms with E-state index in [1.165, 1.54) is 95.4 Å². The number of phenolic OH excluding ortho intramolecular Hbond substituents is 3. The molecule has 8 aliphatic heterocycles. The van der Waals surface area contributed by atoms with Gasteiger partial charge in [-0.05, 0) is 142 Å². The third-order valence-corrected chi connectivity index (χ3v) is 22.3. The van der Waals surface area contributed by atoms with Crippen LogP contribution in [-0.4, -0.2) is 227 Å². The highest BCUT2D eigenvalue weighted by Gasteiger charge is 2.53. The normalized spacial score (nSPS) is 30.1. The van der Waals surface area contributed by atoms with Crippen molar-refractivity contribution in [2.24, 2.45) is 17.4 Å². The fourth-order valence-electron chi connectivity index (χ4n) is 15.6. The number of nitrogens with two attached hydrogens (primary N) is 2. The molecule has 8 heterocycles. The minimum atomic E-state index is -2.39. The Balaban J connectivity index is 1.07. The number of primary amides is 1. The summed E-state index contributed by atoms with van der Waals surface area (Å²) in [7, 11) is 1.47. The van der Waals surface area contributed by atoms with Gasteiger partial charge in [0.2, 0.25) is 59.3 Å². The molecule has 3 fully saturated rings. The van der Waals surface area contributed by atoms with Crippen LogP contribution in [-0.2, 0) is 73.4 Å². The molecule has 8 amide bonds. The fourth-order valence-corrected chi connectivity index (χ4v) is 15.8. The molecule has 8 aliphatic rings. The number of aliphatic carboxylic acids is 1. The zero-order valence-electron chi connectivity index (χ0n) is 66.8. The second-order valence-electron chi connectivity index (χ2n) is 31.8. The summed E-state index contributed by atoms with van der Waals surface area (Å²) < 4.78 is 66.1. The van der Waals surface area contributed by atoms with Crippen LogP contribution < -0.4 is 73.5 Å². The van der Waals surface area contributed by atoms with Gasteiger partial charge in [-0.3, -0.25) is 38.4 Å². The molecule has 0 spiro atoms. The number of hydrogen-bond donors (Lipinski definition) is 21. The van der Waals surface area contributed by atoms with Crippen molar-refractivity contribution in [3.8, 4) is 57.1 Å². The van der Waals surface area contributed by atoms with Crippen LogP contribution in [0.3, 0.4) is 0 Å². The first-order valence-corrected chi connectivity index (χ1v) is 39.4. The van der Waals surface area contributed by atoms with Crippen LogP contribution >= 0.6 is 11.6 Å². The average molecular weight is 1720 g/mol. The van der Waals surface area contributed by atoms with Crippen molar-refractivity contribution >= 4 is 64.8 Å². The zero-order valence-corrected chi connectivity index (χ0v) is 67.5. The lowest BCUT2D eigenvalue weighted by Gasteiger charge is -2.48. The van der Waals surface area contributed by atoms with Gasteiger partial charge in [0.15, 0.2) is 36.2 Å². The first-order valence-electron chi connectivity index (χ1n) is 39.0. The van der Waals surface area contributed by atoms with Crippen LogP contribution in [0.25, 0.3) is 11.1 Å². The molecule has 0 aliphatic carbocycles. The number of benzene rings is 6. The lowest BCUT2D eigenvalue weighted by molar-refractivity contribution is -0.334. The molecule has 122 heavy (non-hydrogen) atoms. The van der Waals surface area contributed by atoms with Crippen molar-refractivity contribution in [3.05, 3.63) is 153 Å². The Morgan fingerprint density at radius 2 is 1.33 bits per heavy atom. The molecule has 3 saturated heterocycles. The van der Waals surface area contributed by atoms with Gasteiger partial charge in [0, 0.05) is 47.7 Å². The number of fused-ring (bicyclic) bond motifs is 15. The van der Waals surface area contributed by atoms with E-state index in [2.05, 4.69) is 47.9 Å². The number of aliphatic hydroxyl groups excluding tert-OH is 6. The van der Waals surface area contributed by atoms with Crippen molar-refractivity contribution in [2.75, 3.05) is 20.2 Å². The molecular weight excluding hydrogens is 1630 g/mol. The van der Waals surface area contributed by atoms with Crippen LogP contribution in [0.1, 0.15) is 131 Å². The summed E-state index contributed by atoms with van der Waals surface area (Å²) >= 11 is 7.19. The van der Waals surface area contributed by atoms with E-state index < -0.39 is 269 Å². The topological polar surface area (TPSA) is 590 Å². The number of phenols is 3. The fraction of sp³-hybridized carbons (Fsp3) is 0.451. The average Bonchev–Trinajstić information content (AvgIpc) is 0.763. The molecule has 0 saturated carbocycles. The quantitative estimate of drug-likeness (QED) is 0.0502. The molecule has 11 bridgehead atoms. The van der Waals surface area contributed by atoms with Gasteiger partial charge in [-0.25, -0.2) is 9.18 Å². The Morgan fingerprint density at radius 3 is 1.98 bits per heavy atom. The number of nitrogens with one attached hydrogen (secondary N) is 9. The predicted molar refractivity (Wildman–Crippen MR) is 423 cm³/mol. The van der Waals surface area contributed by atoms with E-state index in [4.69, 9.17) is 61.0 Å². The highest BCUT2D eigenvalue weighted by Crippen LogP contribution is 2.50. The van der Waals surface area contributed by atoms with Crippen molar-refractivity contribution in [2.45, 2.75) is 207 Å². The molecule has 6 aromatic rings. The van der Waals surface area contributed by atoms with Gasteiger partial charge < -0.3 is 148 Å². The summed E-state index contributed by atoms with van der Waals surface area (Å²) in [6, 6.07) is 6.58. The van der Waals surface area contributed by atoms with Crippen molar-refractivity contribution in [1.82, 2.24) is 47.9 Å². The third kappa shape index (κ3) is 20.0. The number of halogens is 2. The predicted octanol–water partition coefficient (Wildman–Crippen LogP) is 0.777. The lowest BCUT2D eigenvalue weighted by Crippen LogP contribution is -2.66. The van der Waals surface area contributed by atoms with Gasteiger partial charge in [-0.1, -0.05) is 61.8 Å². The second kappa shape index (κ2) is 37.4. The maximum atomic E-state index is 16.5. The molecule has 656 valence electrons. The van der Waals surface area contributed by atoms with Crippen LogP contribution in [0.4, 0.5) is 4.39 Å². The second-order valence-corrected chi connectivity index (χ2v) is 32.2. The number of carbonyl (C=O) groups is 9. The number of aliphatic hydroxyl groups is 6. The van der Waals surface area contributed by atoms with Gasteiger partial charge >= 0.3 is 5.97 Å². The Kier molecular flexibility index (Phi) is 27.7. The molecule has 14 rings (SSSR count). The Labute approximate surface area is 701 Å². The van der Waals surface area contributed by atoms with E-state index in [9.17, 15) is 74.6 Å². The van der Waals surface area contributed by atoms with Crippen LogP contribution in [0.15, 0.2) is 109 Å². The number of amides is 8. The van der Waals surface area contributed by atoms with Crippen molar-refractivity contribution in [1.29, 1.82) is 0 Å². The summed E-state index contributed by atoms with van der Waals surface area (Å²) in [6.45, 7) is 8.30.